The molecule has 0 spiro atoms. The number of allylic oxidation sites excluding steroid dienone is 2. The van der Waals surface area contributed by atoms with E-state index in [0.717, 1.165) is 12.0 Å². The molecule has 0 aromatic rings. The minimum absolute atomic E-state index is 0.181. The molecule has 1 N–H and O–H groups in total. The van der Waals surface area contributed by atoms with Crippen molar-refractivity contribution in [1.82, 2.24) is 0 Å². The monoisotopic (exact) mass is 345 g/mol. The highest BCUT2D eigenvalue weighted by Gasteiger charge is 2.04. The lowest BCUT2D eigenvalue weighted by Gasteiger charge is -2.11. The highest BCUT2D eigenvalue weighted by molar-refractivity contribution is 8.10. The lowest BCUT2D eigenvalue weighted by molar-refractivity contribution is 0.0524. The molecule has 0 aliphatic carbocycles. The van der Waals surface area contributed by atoms with Crippen molar-refractivity contribution in [2.45, 2.75) is 40.2 Å². The average molecular weight is 346 g/mol. The number of aliphatic imine (C=N–C) groups is 1. The number of rotatable bonds is 10. The molecular weight excluding hydrogens is 318 g/mol. The van der Waals surface area contributed by atoms with Crippen LogP contribution in [0, 0.1) is 0 Å². The van der Waals surface area contributed by atoms with Crippen LogP contribution < -0.4 is 0 Å². The predicted molar refractivity (Wildman–Crippen MR) is 100 cm³/mol. The average Bonchev–Trinajstić information content (AvgIpc) is 2.45. The van der Waals surface area contributed by atoms with Gasteiger partial charge in [-0.1, -0.05) is 36.8 Å². The maximum Gasteiger partial charge on any atom is 0.217 e. The fourth-order valence-corrected chi connectivity index (χ4v) is 1.59. The number of hydrogen-bond acceptors (Lipinski definition) is 5. The summed E-state index contributed by atoms with van der Waals surface area (Å²) >= 11 is 8.46. The Bertz CT molecular complexity index is 427. The van der Waals surface area contributed by atoms with E-state index in [1.54, 1.807) is 6.21 Å². The molecule has 0 bridgehead atoms. The van der Waals surface area contributed by atoms with Crippen LogP contribution in [-0.2, 0) is 9.47 Å². The number of nitrogens with zero attached hydrogens (tertiary/aromatic N) is 1. The Balaban J connectivity index is 4.07. The first-order valence-corrected chi connectivity index (χ1v) is 8.15. The summed E-state index contributed by atoms with van der Waals surface area (Å²) in [7, 11) is 0. The zero-order valence-electron chi connectivity index (χ0n) is 13.8. The van der Waals surface area contributed by atoms with Gasteiger partial charge in [0, 0.05) is 6.21 Å². The second-order valence-electron chi connectivity index (χ2n) is 5.16. The van der Waals surface area contributed by atoms with Gasteiger partial charge in [-0.15, -0.1) is 0 Å². The van der Waals surface area contributed by atoms with Gasteiger partial charge in [-0.25, -0.2) is 0 Å². The van der Waals surface area contributed by atoms with E-state index in [1.165, 1.54) is 11.1 Å². The van der Waals surface area contributed by atoms with Crippen LogP contribution in [0.15, 0.2) is 27.8 Å². The van der Waals surface area contributed by atoms with Gasteiger partial charge in [-0.05, 0) is 45.0 Å². The Hall–Kier alpha value is -0.690. The Kier molecular flexibility index (Phi) is 12.4. The van der Waals surface area contributed by atoms with Crippen LogP contribution in [0.4, 0.5) is 0 Å². The molecule has 0 heterocycles. The molecule has 0 aliphatic heterocycles. The third kappa shape index (κ3) is 11.9. The van der Waals surface area contributed by atoms with Gasteiger partial charge in [0.25, 0.3) is 0 Å². The van der Waals surface area contributed by atoms with Gasteiger partial charge in [-0.3, -0.25) is 4.99 Å². The van der Waals surface area contributed by atoms with Crippen molar-refractivity contribution >= 4 is 35.4 Å². The molecule has 0 amide bonds. The summed E-state index contributed by atoms with van der Waals surface area (Å²) in [6.07, 6.45) is 4.10. The summed E-state index contributed by atoms with van der Waals surface area (Å²) in [4.78, 5) is 4.04. The second kappa shape index (κ2) is 12.8. The van der Waals surface area contributed by atoms with Crippen molar-refractivity contribution in [2.24, 2.45) is 4.99 Å². The van der Waals surface area contributed by atoms with E-state index in [1.807, 2.05) is 0 Å². The zero-order valence-corrected chi connectivity index (χ0v) is 15.5. The van der Waals surface area contributed by atoms with E-state index < -0.39 is 6.10 Å². The van der Waals surface area contributed by atoms with Crippen LogP contribution in [0.3, 0.4) is 0 Å². The molecule has 6 heteroatoms. The summed E-state index contributed by atoms with van der Waals surface area (Å²) in [6.45, 7) is 9.63. The SMILES string of the molecule is CC/C(C)=C\C(COCC(O)C/N=C/COC(=S)S)=C(C)C. The Morgan fingerprint density at radius 1 is 1.36 bits per heavy atom. The molecule has 1 unspecified atom stereocenters. The second-order valence-corrected chi connectivity index (χ2v) is 6.24. The summed E-state index contributed by atoms with van der Waals surface area (Å²) < 4.78 is 10.7. The van der Waals surface area contributed by atoms with E-state index in [2.05, 4.69) is 63.6 Å². The van der Waals surface area contributed by atoms with Crippen molar-refractivity contribution in [1.29, 1.82) is 0 Å². The Morgan fingerprint density at radius 3 is 2.59 bits per heavy atom. The van der Waals surface area contributed by atoms with Crippen LogP contribution in [0.5, 0.6) is 0 Å². The van der Waals surface area contributed by atoms with Crippen molar-refractivity contribution < 1.29 is 14.6 Å². The minimum Gasteiger partial charge on any atom is -0.473 e. The largest absolute Gasteiger partial charge is 0.473 e. The van der Waals surface area contributed by atoms with Gasteiger partial charge in [0.15, 0.2) is 0 Å². The molecule has 126 valence electrons. The van der Waals surface area contributed by atoms with E-state index in [0.29, 0.717) is 6.61 Å². The van der Waals surface area contributed by atoms with E-state index in [4.69, 9.17) is 9.47 Å². The topological polar surface area (TPSA) is 51.0 Å². The number of aliphatic hydroxyl groups is 1. The van der Waals surface area contributed by atoms with Crippen LogP contribution in [0.25, 0.3) is 0 Å². The predicted octanol–water partition coefficient (Wildman–Crippen LogP) is 3.36. The van der Waals surface area contributed by atoms with Crippen molar-refractivity contribution in [3.63, 3.8) is 0 Å². The number of ether oxygens (including phenoxy) is 2. The lowest BCUT2D eigenvalue weighted by atomic mass is 10.1. The molecular formula is C16H27NO3S2. The third-order valence-electron chi connectivity index (χ3n) is 2.91. The van der Waals surface area contributed by atoms with Gasteiger partial charge in [-0.2, -0.15) is 0 Å². The molecule has 22 heavy (non-hydrogen) atoms. The lowest BCUT2D eigenvalue weighted by Crippen LogP contribution is -2.19. The molecule has 0 radical (unpaired) electrons. The van der Waals surface area contributed by atoms with E-state index in [-0.39, 0.29) is 24.1 Å². The highest BCUT2D eigenvalue weighted by Crippen LogP contribution is 2.11. The number of thiol groups is 1. The van der Waals surface area contributed by atoms with Gasteiger partial charge in [0.2, 0.25) is 4.38 Å². The molecule has 0 rings (SSSR count). The van der Waals surface area contributed by atoms with E-state index >= 15 is 0 Å². The number of hydrogen-bond donors (Lipinski definition) is 2. The summed E-state index contributed by atoms with van der Waals surface area (Å²) in [5.74, 6) is 0. The Labute approximate surface area is 144 Å². The summed E-state index contributed by atoms with van der Waals surface area (Å²) in [6, 6.07) is 0. The van der Waals surface area contributed by atoms with Gasteiger partial charge < -0.3 is 14.6 Å². The zero-order chi connectivity index (χ0) is 17.0. The van der Waals surface area contributed by atoms with Crippen LogP contribution >= 0.6 is 24.8 Å². The highest BCUT2D eigenvalue weighted by atomic mass is 32.1. The molecule has 0 saturated carbocycles. The van der Waals surface area contributed by atoms with Crippen molar-refractivity contribution in [3.05, 3.63) is 22.8 Å². The van der Waals surface area contributed by atoms with Crippen LogP contribution in [0.1, 0.15) is 34.1 Å². The maximum atomic E-state index is 9.79. The molecule has 0 fully saturated rings. The standard InChI is InChI=1S/C16H27NO3S2/c1-5-13(4)8-14(12(2)3)10-19-11-15(18)9-17-6-7-20-16(21)22/h6,8,15,18H,5,7,9-11H2,1-4H3,(H,21,22)/b13-8-,17-6+. The van der Waals surface area contributed by atoms with Gasteiger partial charge >= 0.3 is 0 Å². The van der Waals surface area contributed by atoms with Crippen molar-refractivity contribution in [3.8, 4) is 0 Å². The first kappa shape index (κ1) is 21.3. The fourth-order valence-electron chi connectivity index (χ4n) is 1.44. The summed E-state index contributed by atoms with van der Waals surface area (Å²) in [5.41, 5.74) is 3.69. The molecule has 0 aromatic carbocycles. The first-order chi connectivity index (χ1) is 10.4. The number of aliphatic hydroxyl groups excluding tert-OH is 1. The molecule has 0 aromatic heterocycles. The van der Waals surface area contributed by atoms with Crippen LogP contribution in [-0.4, -0.2) is 48.2 Å². The minimum atomic E-state index is -0.631. The molecule has 0 saturated heterocycles. The maximum absolute atomic E-state index is 9.79. The normalized spacial score (nSPS) is 13.3. The smallest absolute Gasteiger partial charge is 0.217 e. The van der Waals surface area contributed by atoms with Crippen LogP contribution in [0.2, 0.25) is 0 Å². The summed E-state index contributed by atoms with van der Waals surface area (Å²) in [5, 5.41) is 9.79. The van der Waals surface area contributed by atoms with Gasteiger partial charge in [0.1, 0.15) is 6.61 Å². The molecule has 0 aliphatic rings. The first-order valence-electron chi connectivity index (χ1n) is 7.30. The fraction of sp³-hybridized carbons (Fsp3) is 0.625. The van der Waals surface area contributed by atoms with E-state index in [9.17, 15) is 5.11 Å². The molecule has 1 atom stereocenters. The third-order valence-corrected chi connectivity index (χ3v) is 3.16. The van der Waals surface area contributed by atoms with Crippen molar-refractivity contribution in [2.75, 3.05) is 26.4 Å². The Morgan fingerprint density at radius 2 is 2.05 bits per heavy atom. The molecule has 4 nitrogen and oxygen atoms in total. The number of thiocarbonyl (C=S) groups is 1. The van der Waals surface area contributed by atoms with Gasteiger partial charge in [0.05, 0.1) is 25.9 Å². The quantitative estimate of drug-likeness (QED) is 0.276.